The van der Waals surface area contributed by atoms with Crippen molar-refractivity contribution in [2.45, 2.75) is 0 Å². The van der Waals surface area contributed by atoms with Crippen LogP contribution in [-0.2, 0) is 0 Å². The van der Waals surface area contributed by atoms with Gasteiger partial charge in [-0.1, -0.05) is 0 Å². The molecule has 0 spiro atoms. The van der Waals surface area contributed by atoms with Crippen LogP contribution in [0, 0.1) is 0 Å². The summed E-state index contributed by atoms with van der Waals surface area (Å²) >= 11 is 11.6. The molecule has 0 atom stereocenters. The lowest BCUT2D eigenvalue weighted by Crippen LogP contribution is -2.27. The lowest BCUT2D eigenvalue weighted by atomic mass is 10.2. The standard InChI is InChI=1S/C16H18Cl2N2O/c17-9-11-20(12-10-18)14-3-7-16(8-4-14)21-15-5-1-13(19)2-6-15/h1-8H,9-12,19H2. The van der Waals surface area contributed by atoms with Crippen LogP contribution in [-0.4, -0.2) is 24.8 Å². The Balaban J connectivity index is 2.05. The molecule has 0 heterocycles. The molecule has 0 aliphatic rings. The molecule has 0 aliphatic heterocycles. The first-order valence-electron chi connectivity index (χ1n) is 6.73. The third kappa shape index (κ3) is 4.73. The first kappa shape index (κ1) is 15.8. The Kier molecular flexibility index (Phi) is 6.03. The van der Waals surface area contributed by atoms with Gasteiger partial charge in [-0.3, -0.25) is 0 Å². The monoisotopic (exact) mass is 324 g/mol. The summed E-state index contributed by atoms with van der Waals surface area (Å²) in [6.45, 7) is 1.54. The first-order valence-corrected chi connectivity index (χ1v) is 7.80. The van der Waals surface area contributed by atoms with E-state index in [0.717, 1.165) is 36.0 Å². The minimum atomic E-state index is 0.570. The fourth-order valence-electron chi connectivity index (χ4n) is 1.97. The van der Waals surface area contributed by atoms with Crippen LogP contribution < -0.4 is 15.4 Å². The minimum Gasteiger partial charge on any atom is -0.457 e. The summed E-state index contributed by atoms with van der Waals surface area (Å²) in [5.41, 5.74) is 7.45. The maximum Gasteiger partial charge on any atom is 0.127 e. The van der Waals surface area contributed by atoms with Gasteiger partial charge < -0.3 is 15.4 Å². The second-order valence-corrected chi connectivity index (χ2v) is 5.29. The molecular weight excluding hydrogens is 307 g/mol. The van der Waals surface area contributed by atoms with E-state index in [0.29, 0.717) is 11.8 Å². The van der Waals surface area contributed by atoms with E-state index in [9.17, 15) is 0 Å². The van der Waals surface area contributed by atoms with Crippen LogP contribution in [0.25, 0.3) is 0 Å². The van der Waals surface area contributed by atoms with Crippen molar-refractivity contribution in [2.75, 3.05) is 35.5 Å². The Morgan fingerprint density at radius 1 is 0.810 bits per heavy atom. The number of nitrogens with zero attached hydrogens (tertiary/aromatic N) is 1. The molecule has 2 N–H and O–H groups in total. The lowest BCUT2D eigenvalue weighted by molar-refractivity contribution is 0.483. The molecule has 5 heteroatoms. The highest BCUT2D eigenvalue weighted by Gasteiger charge is 2.05. The first-order chi connectivity index (χ1) is 10.2. The van der Waals surface area contributed by atoms with E-state index in [1.807, 2.05) is 48.5 Å². The van der Waals surface area contributed by atoms with Crippen LogP contribution >= 0.6 is 23.2 Å². The van der Waals surface area contributed by atoms with Crippen LogP contribution in [0.3, 0.4) is 0 Å². The highest BCUT2D eigenvalue weighted by Crippen LogP contribution is 2.25. The van der Waals surface area contributed by atoms with Crippen molar-refractivity contribution < 1.29 is 4.74 Å². The Labute approximate surface area is 135 Å². The largest absolute Gasteiger partial charge is 0.457 e. The van der Waals surface area contributed by atoms with Crippen LogP contribution in [0.5, 0.6) is 11.5 Å². The molecule has 0 fully saturated rings. The Morgan fingerprint density at radius 3 is 1.76 bits per heavy atom. The molecule has 2 rings (SSSR count). The molecule has 112 valence electrons. The second-order valence-electron chi connectivity index (χ2n) is 4.53. The average molecular weight is 325 g/mol. The molecule has 2 aromatic rings. The van der Waals surface area contributed by atoms with E-state index in [-0.39, 0.29) is 0 Å². The molecule has 21 heavy (non-hydrogen) atoms. The summed E-state index contributed by atoms with van der Waals surface area (Å²) < 4.78 is 5.76. The van der Waals surface area contributed by atoms with Crippen LogP contribution in [0.2, 0.25) is 0 Å². The highest BCUT2D eigenvalue weighted by molar-refractivity contribution is 6.18. The summed E-state index contributed by atoms with van der Waals surface area (Å²) in [5, 5.41) is 0. The summed E-state index contributed by atoms with van der Waals surface area (Å²) in [4.78, 5) is 2.15. The molecular formula is C16H18Cl2N2O. The van der Waals surface area contributed by atoms with Gasteiger partial charge in [-0.05, 0) is 48.5 Å². The number of hydrogen-bond acceptors (Lipinski definition) is 3. The Hall–Kier alpha value is -1.58. The molecule has 3 nitrogen and oxygen atoms in total. The van der Waals surface area contributed by atoms with Gasteiger partial charge in [0.15, 0.2) is 0 Å². The van der Waals surface area contributed by atoms with Crippen molar-refractivity contribution in [3.05, 3.63) is 48.5 Å². The average Bonchev–Trinajstić information content (AvgIpc) is 2.50. The van der Waals surface area contributed by atoms with Gasteiger partial charge in [0, 0.05) is 36.2 Å². The van der Waals surface area contributed by atoms with Crippen molar-refractivity contribution in [3.63, 3.8) is 0 Å². The summed E-state index contributed by atoms with van der Waals surface area (Å²) in [6, 6.07) is 15.2. The molecule has 0 aromatic heterocycles. The van der Waals surface area contributed by atoms with E-state index in [1.54, 1.807) is 0 Å². The van der Waals surface area contributed by atoms with Crippen molar-refractivity contribution in [2.24, 2.45) is 0 Å². The quantitative estimate of drug-likeness (QED) is 0.608. The lowest BCUT2D eigenvalue weighted by Gasteiger charge is -2.23. The van der Waals surface area contributed by atoms with Crippen molar-refractivity contribution >= 4 is 34.6 Å². The molecule has 0 unspecified atom stereocenters. The van der Waals surface area contributed by atoms with Gasteiger partial charge in [-0.25, -0.2) is 0 Å². The molecule has 0 amide bonds. The van der Waals surface area contributed by atoms with Gasteiger partial charge in [-0.15, -0.1) is 23.2 Å². The second kappa shape index (κ2) is 8.01. The molecule has 0 saturated carbocycles. The smallest absolute Gasteiger partial charge is 0.127 e. The fourth-order valence-corrected chi connectivity index (χ4v) is 2.38. The summed E-state index contributed by atoms with van der Waals surface area (Å²) in [6.07, 6.45) is 0. The van der Waals surface area contributed by atoms with E-state index in [2.05, 4.69) is 4.90 Å². The number of benzene rings is 2. The van der Waals surface area contributed by atoms with E-state index >= 15 is 0 Å². The van der Waals surface area contributed by atoms with E-state index < -0.39 is 0 Å². The fraction of sp³-hybridized carbons (Fsp3) is 0.250. The summed E-state index contributed by atoms with van der Waals surface area (Å²) in [7, 11) is 0. The number of alkyl halides is 2. The third-order valence-electron chi connectivity index (χ3n) is 3.03. The normalized spacial score (nSPS) is 10.4. The SMILES string of the molecule is Nc1ccc(Oc2ccc(N(CCCl)CCCl)cc2)cc1. The number of nitrogen functional groups attached to an aromatic ring is 1. The molecule has 2 aromatic carbocycles. The van der Waals surface area contributed by atoms with E-state index in [1.165, 1.54) is 0 Å². The van der Waals surface area contributed by atoms with Gasteiger partial charge in [0.1, 0.15) is 11.5 Å². The molecule has 0 saturated heterocycles. The van der Waals surface area contributed by atoms with Gasteiger partial charge in [0.05, 0.1) is 0 Å². The topological polar surface area (TPSA) is 38.5 Å². The zero-order valence-electron chi connectivity index (χ0n) is 11.6. The zero-order chi connectivity index (χ0) is 15.1. The number of ether oxygens (including phenoxy) is 1. The maximum atomic E-state index is 5.81. The van der Waals surface area contributed by atoms with Gasteiger partial charge in [0.2, 0.25) is 0 Å². The van der Waals surface area contributed by atoms with Crippen molar-refractivity contribution in [1.82, 2.24) is 0 Å². The number of hydrogen-bond donors (Lipinski definition) is 1. The minimum absolute atomic E-state index is 0.570. The summed E-state index contributed by atoms with van der Waals surface area (Å²) in [5.74, 6) is 2.68. The number of halogens is 2. The Bertz CT molecular complexity index is 537. The number of rotatable bonds is 7. The third-order valence-corrected chi connectivity index (χ3v) is 3.36. The highest BCUT2D eigenvalue weighted by atomic mass is 35.5. The molecule has 0 aliphatic carbocycles. The van der Waals surface area contributed by atoms with E-state index in [4.69, 9.17) is 33.7 Å². The molecule has 0 radical (unpaired) electrons. The predicted octanol–water partition coefficient (Wildman–Crippen LogP) is 4.35. The number of nitrogens with two attached hydrogens (primary N) is 1. The number of anilines is 2. The van der Waals surface area contributed by atoms with Gasteiger partial charge >= 0.3 is 0 Å². The van der Waals surface area contributed by atoms with Crippen molar-refractivity contribution in [3.8, 4) is 11.5 Å². The Morgan fingerprint density at radius 2 is 1.29 bits per heavy atom. The van der Waals surface area contributed by atoms with Gasteiger partial charge in [-0.2, -0.15) is 0 Å². The van der Waals surface area contributed by atoms with Crippen LogP contribution in [0.15, 0.2) is 48.5 Å². The van der Waals surface area contributed by atoms with Crippen LogP contribution in [0.4, 0.5) is 11.4 Å². The van der Waals surface area contributed by atoms with Crippen molar-refractivity contribution in [1.29, 1.82) is 0 Å². The molecule has 0 bridgehead atoms. The maximum absolute atomic E-state index is 5.81. The predicted molar refractivity (Wildman–Crippen MR) is 91.0 cm³/mol. The van der Waals surface area contributed by atoms with Gasteiger partial charge in [0.25, 0.3) is 0 Å². The zero-order valence-corrected chi connectivity index (χ0v) is 13.1. The van der Waals surface area contributed by atoms with Crippen LogP contribution in [0.1, 0.15) is 0 Å².